The van der Waals surface area contributed by atoms with Crippen molar-refractivity contribution in [2.24, 2.45) is 0 Å². The number of nitrogens with zero attached hydrogens (tertiary/aromatic N) is 2. The lowest BCUT2D eigenvalue weighted by molar-refractivity contribution is 0.292. The topological polar surface area (TPSA) is 15.7 Å². The zero-order chi connectivity index (χ0) is 10.7. The van der Waals surface area contributed by atoms with E-state index in [1.165, 1.54) is 18.7 Å². The average molecular weight is 206 g/mol. The lowest BCUT2D eigenvalue weighted by Crippen LogP contribution is -2.42. The second-order valence-corrected chi connectivity index (χ2v) is 4.04. The van der Waals surface area contributed by atoms with Crippen molar-refractivity contribution in [3.63, 3.8) is 0 Å². The number of hydrogen-bond donors (Lipinski definition) is 0. The number of benzene rings is 1. The van der Waals surface area contributed by atoms with Gasteiger partial charge in [-0.1, -0.05) is 0 Å². The Hall–Kier alpha value is -1.22. The maximum absolute atomic E-state index is 5.15. The van der Waals surface area contributed by atoms with E-state index in [1.54, 1.807) is 7.11 Å². The van der Waals surface area contributed by atoms with Gasteiger partial charge in [-0.25, -0.2) is 0 Å². The van der Waals surface area contributed by atoms with E-state index in [-0.39, 0.29) is 0 Å². The van der Waals surface area contributed by atoms with Gasteiger partial charge in [0.15, 0.2) is 0 Å². The van der Waals surface area contributed by atoms with Crippen LogP contribution in [0.25, 0.3) is 0 Å². The molecule has 0 aromatic heterocycles. The van der Waals surface area contributed by atoms with Crippen molar-refractivity contribution in [3.05, 3.63) is 24.3 Å². The molecule has 0 amide bonds. The predicted molar refractivity (Wildman–Crippen MR) is 62.5 cm³/mol. The molecule has 0 spiro atoms. The van der Waals surface area contributed by atoms with Crippen molar-refractivity contribution < 1.29 is 4.74 Å². The fraction of sp³-hybridized carbons (Fsp3) is 0.500. The van der Waals surface area contributed by atoms with Gasteiger partial charge in [-0.15, -0.1) is 0 Å². The van der Waals surface area contributed by atoms with Gasteiger partial charge in [0.25, 0.3) is 0 Å². The average Bonchev–Trinajstić information content (AvgIpc) is 2.29. The van der Waals surface area contributed by atoms with Crippen LogP contribution in [0.2, 0.25) is 0 Å². The monoisotopic (exact) mass is 206 g/mol. The van der Waals surface area contributed by atoms with Crippen molar-refractivity contribution in [2.75, 3.05) is 38.8 Å². The van der Waals surface area contributed by atoms with E-state index in [2.05, 4.69) is 29.0 Å². The summed E-state index contributed by atoms with van der Waals surface area (Å²) in [7, 11) is 3.86. The van der Waals surface area contributed by atoms with E-state index < -0.39 is 0 Å². The molecule has 0 atom stereocenters. The third kappa shape index (κ3) is 2.42. The van der Waals surface area contributed by atoms with Crippen LogP contribution in [0, 0.1) is 0 Å². The van der Waals surface area contributed by atoms with Gasteiger partial charge < -0.3 is 9.64 Å². The third-order valence-corrected chi connectivity index (χ3v) is 2.82. The van der Waals surface area contributed by atoms with Gasteiger partial charge in [0, 0.05) is 18.8 Å². The first-order valence-corrected chi connectivity index (χ1v) is 5.37. The first-order valence-electron chi connectivity index (χ1n) is 5.37. The van der Waals surface area contributed by atoms with Crippen LogP contribution in [-0.4, -0.2) is 38.8 Å². The van der Waals surface area contributed by atoms with Crippen LogP contribution in [0.1, 0.15) is 6.42 Å². The van der Waals surface area contributed by atoms with Gasteiger partial charge in [0.1, 0.15) is 5.75 Å². The number of rotatable bonds is 2. The van der Waals surface area contributed by atoms with Crippen LogP contribution in [-0.2, 0) is 0 Å². The molecule has 1 fully saturated rings. The first-order chi connectivity index (χ1) is 7.29. The lowest BCUT2D eigenvalue weighted by Gasteiger charge is -2.34. The molecule has 1 saturated heterocycles. The zero-order valence-electron chi connectivity index (χ0n) is 9.44. The summed E-state index contributed by atoms with van der Waals surface area (Å²) < 4.78 is 5.15. The van der Waals surface area contributed by atoms with E-state index >= 15 is 0 Å². The summed E-state index contributed by atoms with van der Waals surface area (Å²) in [6.07, 6.45) is 1.24. The summed E-state index contributed by atoms with van der Waals surface area (Å²) in [4.78, 5) is 4.73. The number of hydrogen-bond acceptors (Lipinski definition) is 3. The molecule has 3 nitrogen and oxygen atoms in total. The fourth-order valence-corrected chi connectivity index (χ4v) is 1.97. The van der Waals surface area contributed by atoms with E-state index in [1.807, 2.05) is 12.1 Å². The zero-order valence-corrected chi connectivity index (χ0v) is 9.44. The van der Waals surface area contributed by atoms with Gasteiger partial charge in [-0.05, 0) is 37.7 Å². The molecule has 0 saturated carbocycles. The van der Waals surface area contributed by atoms with Crippen LogP contribution < -0.4 is 9.64 Å². The Morgan fingerprint density at radius 2 is 1.87 bits per heavy atom. The normalized spacial score (nSPS) is 17.9. The Morgan fingerprint density at radius 3 is 2.47 bits per heavy atom. The summed E-state index contributed by atoms with van der Waals surface area (Å²) in [6, 6.07) is 8.28. The van der Waals surface area contributed by atoms with Crippen molar-refractivity contribution in [2.45, 2.75) is 6.42 Å². The van der Waals surface area contributed by atoms with Crippen LogP contribution in [0.4, 0.5) is 5.69 Å². The third-order valence-electron chi connectivity index (χ3n) is 2.82. The van der Waals surface area contributed by atoms with Gasteiger partial charge >= 0.3 is 0 Å². The van der Waals surface area contributed by atoms with Crippen molar-refractivity contribution in [1.29, 1.82) is 0 Å². The highest BCUT2D eigenvalue weighted by Crippen LogP contribution is 2.21. The molecule has 0 unspecified atom stereocenters. The number of methoxy groups -OCH3 is 1. The summed E-state index contributed by atoms with van der Waals surface area (Å²) >= 11 is 0. The highest BCUT2D eigenvalue weighted by Gasteiger charge is 2.14. The van der Waals surface area contributed by atoms with Crippen molar-refractivity contribution in [3.8, 4) is 5.75 Å². The Balaban J connectivity index is 2.07. The largest absolute Gasteiger partial charge is 0.497 e. The van der Waals surface area contributed by atoms with Crippen LogP contribution in [0.5, 0.6) is 5.75 Å². The molecule has 82 valence electrons. The highest BCUT2D eigenvalue weighted by molar-refractivity contribution is 5.49. The summed E-state index contributed by atoms with van der Waals surface area (Å²) in [5, 5.41) is 0. The van der Waals surface area contributed by atoms with Crippen LogP contribution >= 0.6 is 0 Å². The van der Waals surface area contributed by atoms with E-state index in [0.717, 1.165) is 19.0 Å². The smallest absolute Gasteiger partial charge is 0.119 e. The van der Waals surface area contributed by atoms with Gasteiger partial charge in [-0.2, -0.15) is 0 Å². The minimum atomic E-state index is 0.920. The molecule has 0 aliphatic carbocycles. The molecule has 1 aromatic rings. The van der Waals surface area contributed by atoms with E-state index in [4.69, 9.17) is 4.74 Å². The molecule has 0 N–H and O–H groups in total. The van der Waals surface area contributed by atoms with Gasteiger partial charge in [0.2, 0.25) is 0 Å². The first kappa shape index (κ1) is 10.3. The second kappa shape index (κ2) is 4.53. The molecule has 1 heterocycles. The standard InChI is InChI=1S/C12H18N2O/c1-13-8-3-9-14(10-13)11-4-6-12(15-2)7-5-11/h4-7H,3,8-10H2,1-2H3. The summed E-state index contributed by atoms with van der Waals surface area (Å²) in [5.74, 6) is 0.920. The minimum absolute atomic E-state index is 0.920. The van der Waals surface area contributed by atoms with Gasteiger partial charge in [0.05, 0.1) is 13.8 Å². The lowest BCUT2D eigenvalue weighted by atomic mass is 10.2. The summed E-state index contributed by atoms with van der Waals surface area (Å²) in [6.45, 7) is 3.37. The van der Waals surface area contributed by atoms with Crippen LogP contribution in [0.15, 0.2) is 24.3 Å². The molecule has 1 aromatic carbocycles. The van der Waals surface area contributed by atoms with Gasteiger partial charge in [-0.3, -0.25) is 4.90 Å². The second-order valence-electron chi connectivity index (χ2n) is 4.04. The molecular weight excluding hydrogens is 188 g/mol. The maximum atomic E-state index is 5.15. The molecule has 2 rings (SSSR count). The van der Waals surface area contributed by atoms with E-state index in [0.29, 0.717) is 0 Å². The highest BCUT2D eigenvalue weighted by atomic mass is 16.5. The fourth-order valence-electron chi connectivity index (χ4n) is 1.97. The molecular formula is C12H18N2O. The summed E-state index contributed by atoms with van der Waals surface area (Å²) in [5.41, 5.74) is 1.28. The molecule has 0 radical (unpaired) electrons. The maximum Gasteiger partial charge on any atom is 0.119 e. The molecule has 15 heavy (non-hydrogen) atoms. The number of anilines is 1. The minimum Gasteiger partial charge on any atom is -0.497 e. The Morgan fingerprint density at radius 1 is 1.13 bits per heavy atom. The Labute approximate surface area is 91.2 Å². The molecule has 1 aliphatic rings. The molecule has 1 aliphatic heterocycles. The molecule has 3 heteroatoms. The van der Waals surface area contributed by atoms with Crippen molar-refractivity contribution in [1.82, 2.24) is 4.90 Å². The predicted octanol–water partition coefficient (Wildman–Crippen LogP) is 1.79. The SMILES string of the molecule is COc1ccc(N2CCCN(C)C2)cc1. The van der Waals surface area contributed by atoms with E-state index in [9.17, 15) is 0 Å². The number of ether oxygens (including phenoxy) is 1. The Bertz CT molecular complexity index is 310. The van der Waals surface area contributed by atoms with Crippen molar-refractivity contribution >= 4 is 5.69 Å². The van der Waals surface area contributed by atoms with Crippen LogP contribution in [0.3, 0.4) is 0 Å². The Kier molecular flexibility index (Phi) is 3.11. The quantitative estimate of drug-likeness (QED) is 0.733. The molecule has 0 bridgehead atoms.